The fraction of sp³-hybridized carbons (Fsp3) is 0.379. The van der Waals surface area contributed by atoms with Gasteiger partial charge in [-0.15, -0.1) is 0 Å². The van der Waals surface area contributed by atoms with Crippen LogP contribution in [0.1, 0.15) is 51.4 Å². The van der Waals surface area contributed by atoms with Crippen molar-refractivity contribution in [3.8, 4) is 11.3 Å². The summed E-state index contributed by atoms with van der Waals surface area (Å²) >= 11 is 5.95. The number of nitrogens with zero attached hydrogens (tertiary/aromatic N) is 4. The maximum atomic E-state index is 14.7. The number of aromatic nitrogens is 2. The molecule has 5 rings (SSSR count). The molecule has 2 aliphatic heterocycles. The summed E-state index contributed by atoms with van der Waals surface area (Å²) in [6.45, 7) is 3.74. The molecule has 0 spiro atoms. The number of imidazole rings is 1. The average Bonchev–Trinajstić information content (AvgIpc) is 3.61. The van der Waals surface area contributed by atoms with E-state index in [1.54, 1.807) is 37.4 Å². The van der Waals surface area contributed by atoms with Crippen molar-refractivity contribution in [2.24, 2.45) is 16.3 Å². The number of ether oxygens (including phenoxy) is 1. The smallest absolute Gasteiger partial charge is 0.411 e. The molecular formula is C29H32ClFN8O4. The summed E-state index contributed by atoms with van der Waals surface area (Å²) in [4.78, 5) is 46.0. The van der Waals surface area contributed by atoms with Crippen LogP contribution in [-0.4, -0.2) is 47.1 Å². The molecular weight excluding hydrogens is 579 g/mol. The molecule has 12 nitrogen and oxygen atoms in total. The van der Waals surface area contributed by atoms with E-state index in [0.29, 0.717) is 41.3 Å². The van der Waals surface area contributed by atoms with E-state index in [9.17, 15) is 18.8 Å². The van der Waals surface area contributed by atoms with Crippen LogP contribution in [0.25, 0.3) is 11.3 Å². The predicted octanol–water partition coefficient (Wildman–Crippen LogP) is 6.00. The Morgan fingerprint density at radius 2 is 2.00 bits per heavy atom. The third kappa shape index (κ3) is 6.61. The van der Waals surface area contributed by atoms with Gasteiger partial charge in [0.05, 0.1) is 47.5 Å². The molecule has 1 aromatic heterocycles. The molecule has 14 heteroatoms. The quantitative estimate of drug-likeness (QED) is 0.284. The summed E-state index contributed by atoms with van der Waals surface area (Å²) < 4.78 is 19.4. The van der Waals surface area contributed by atoms with Gasteiger partial charge < -0.3 is 20.4 Å². The molecule has 0 saturated heterocycles. The maximum absolute atomic E-state index is 14.7. The Kier molecular flexibility index (Phi) is 8.90. The number of hydrogen-bond acceptors (Lipinski definition) is 8. The Morgan fingerprint density at radius 1 is 1.19 bits per heavy atom. The second-order valence-electron chi connectivity index (χ2n) is 10.7. The van der Waals surface area contributed by atoms with Gasteiger partial charge in [-0.1, -0.05) is 42.7 Å². The molecule has 3 heterocycles. The van der Waals surface area contributed by atoms with Crippen LogP contribution in [0.4, 0.5) is 26.2 Å². The van der Waals surface area contributed by atoms with Crippen LogP contribution in [0.15, 0.2) is 52.9 Å². The zero-order valence-corrected chi connectivity index (χ0v) is 24.6. The summed E-state index contributed by atoms with van der Waals surface area (Å²) in [6.07, 6.45) is 3.31. The highest BCUT2D eigenvalue weighted by atomic mass is 35.5. The Morgan fingerprint density at radius 3 is 2.79 bits per heavy atom. The molecule has 0 aliphatic carbocycles. The Bertz CT molecular complexity index is 1560. The van der Waals surface area contributed by atoms with Gasteiger partial charge >= 0.3 is 6.09 Å². The number of benzene rings is 2. The Hall–Kier alpha value is -4.52. The zero-order valence-electron chi connectivity index (χ0n) is 23.9. The van der Waals surface area contributed by atoms with Crippen molar-refractivity contribution in [1.82, 2.24) is 15.3 Å². The standard InChI is InChI=1S/C29H32ClFN8O4/c1-15-6-4-8-20(36-28(41)26-16(2)39(38-37-26)23-9-5-7-19(30)25(23)31)27-32-14-22(35-27)18-11-10-17(33-29(42)43-3)13-21(18)34-24(40)12-15/h5,7,9-11,13-16,20,26H,4,6,8,12H2,1-3H3,(H,32,35)(H,33,42)(H,34,40)(H,36,41). The maximum Gasteiger partial charge on any atom is 0.411 e. The van der Waals surface area contributed by atoms with Crippen LogP contribution < -0.4 is 21.0 Å². The van der Waals surface area contributed by atoms with Crippen molar-refractivity contribution in [1.29, 1.82) is 0 Å². The van der Waals surface area contributed by atoms with Crippen molar-refractivity contribution in [3.05, 3.63) is 59.3 Å². The zero-order chi connectivity index (χ0) is 30.7. The first-order valence-electron chi connectivity index (χ1n) is 13.9. The normalized spacial score (nSPS) is 22.0. The van der Waals surface area contributed by atoms with Crippen LogP contribution in [0.3, 0.4) is 0 Å². The second kappa shape index (κ2) is 12.8. The number of hydrogen-bond donors (Lipinski definition) is 4. The molecule has 2 aliphatic rings. The second-order valence-corrected chi connectivity index (χ2v) is 11.1. The number of fused-ring (bicyclic) bond motifs is 4. The molecule has 0 radical (unpaired) electrons. The number of aromatic amines is 1. The van der Waals surface area contributed by atoms with E-state index in [4.69, 9.17) is 11.6 Å². The molecule has 0 fully saturated rings. The van der Waals surface area contributed by atoms with Gasteiger partial charge in [-0.05, 0) is 49.6 Å². The molecule has 2 bridgehead atoms. The fourth-order valence-electron chi connectivity index (χ4n) is 5.24. The van der Waals surface area contributed by atoms with E-state index in [1.165, 1.54) is 24.3 Å². The molecule has 0 saturated carbocycles. The predicted molar refractivity (Wildman–Crippen MR) is 159 cm³/mol. The number of rotatable bonds is 4. The van der Waals surface area contributed by atoms with Crippen molar-refractivity contribution in [2.75, 3.05) is 22.8 Å². The van der Waals surface area contributed by atoms with E-state index >= 15 is 0 Å². The van der Waals surface area contributed by atoms with E-state index in [-0.39, 0.29) is 28.4 Å². The van der Waals surface area contributed by atoms with E-state index in [0.717, 1.165) is 12.8 Å². The lowest BCUT2D eigenvalue weighted by atomic mass is 9.97. The molecule has 2 aromatic carbocycles. The van der Waals surface area contributed by atoms with Crippen LogP contribution >= 0.6 is 11.6 Å². The lowest BCUT2D eigenvalue weighted by Crippen LogP contribution is -2.44. The fourth-order valence-corrected chi connectivity index (χ4v) is 5.41. The largest absolute Gasteiger partial charge is 0.453 e. The summed E-state index contributed by atoms with van der Waals surface area (Å²) in [5.41, 5.74) is 2.32. The summed E-state index contributed by atoms with van der Waals surface area (Å²) in [5, 5.41) is 18.1. The highest BCUT2D eigenvalue weighted by molar-refractivity contribution is 6.31. The van der Waals surface area contributed by atoms with Crippen molar-refractivity contribution in [3.63, 3.8) is 0 Å². The molecule has 3 amide bonds. The van der Waals surface area contributed by atoms with E-state index < -0.39 is 30.0 Å². The summed E-state index contributed by atoms with van der Waals surface area (Å²) in [7, 11) is 1.27. The number of halogens is 2. The molecule has 3 aromatic rings. The first-order valence-corrected chi connectivity index (χ1v) is 14.3. The van der Waals surface area contributed by atoms with Gasteiger partial charge in [0.2, 0.25) is 11.8 Å². The minimum Gasteiger partial charge on any atom is -0.453 e. The minimum atomic E-state index is -0.889. The number of carbonyl (C=O) groups is 3. The number of H-pyrrole nitrogens is 1. The SMILES string of the molecule is COC(=O)Nc1ccc2c(c1)NC(=O)CC(C)CCCC(NC(=O)C1N=NN(c3cccc(Cl)c3F)C1C)c1ncc-2[nH]1. The van der Waals surface area contributed by atoms with Gasteiger partial charge in [-0.2, -0.15) is 5.11 Å². The number of amides is 3. The van der Waals surface area contributed by atoms with Gasteiger partial charge in [0.1, 0.15) is 5.82 Å². The van der Waals surface area contributed by atoms with Crippen LogP contribution in [0, 0.1) is 11.7 Å². The van der Waals surface area contributed by atoms with E-state index in [2.05, 4.69) is 41.0 Å². The van der Waals surface area contributed by atoms with Gasteiger partial charge in [0, 0.05) is 17.7 Å². The van der Waals surface area contributed by atoms with Crippen molar-refractivity contribution >= 4 is 46.6 Å². The van der Waals surface area contributed by atoms with Crippen molar-refractivity contribution in [2.45, 2.75) is 57.7 Å². The first-order chi connectivity index (χ1) is 20.6. The Balaban J connectivity index is 1.39. The molecule has 226 valence electrons. The summed E-state index contributed by atoms with van der Waals surface area (Å²) in [5.74, 6) is -0.561. The third-order valence-electron chi connectivity index (χ3n) is 7.54. The first kappa shape index (κ1) is 30.0. The lowest BCUT2D eigenvalue weighted by molar-refractivity contribution is -0.123. The minimum absolute atomic E-state index is 0.0471. The Labute approximate surface area is 252 Å². The van der Waals surface area contributed by atoms with Crippen molar-refractivity contribution < 1.29 is 23.5 Å². The van der Waals surface area contributed by atoms with Gasteiger partial charge in [-0.3, -0.25) is 14.9 Å². The number of methoxy groups -OCH3 is 1. The highest BCUT2D eigenvalue weighted by Gasteiger charge is 2.38. The van der Waals surface area contributed by atoms with Gasteiger partial charge in [-0.25, -0.2) is 19.2 Å². The summed E-state index contributed by atoms with van der Waals surface area (Å²) in [6, 6.07) is 7.72. The molecule has 4 N–H and O–H groups in total. The number of carbonyl (C=O) groups excluding carboxylic acids is 3. The average molecular weight is 611 g/mol. The number of anilines is 3. The third-order valence-corrected chi connectivity index (χ3v) is 7.83. The highest BCUT2D eigenvalue weighted by Crippen LogP contribution is 2.34. The topological polar surface area (TPSA) is 153 Å². The van der Waals surface area contributed by atoms with Gasteiger partial charge in [0.15, 0.2) is 11.9 Å². The van der Waals surface area contributed by atoms with Gasteiger partial charge in [0.25, 0.3) is 0 Å². The van der Waals surface area contributed by atoms with Crippen LogP contribution in [-0.2, 0) is 14.3 Å². The number of nitrogens with one attached hydrogen (secondary N) is 4. The van der Waals surface area contributed by atoms with E-state index in [1.807, 2.05) is 6.92 Å². The molecule has 43 heavy (non-hydrogen) atoms. The molecule has 4 atom stereocenters. The van der Waals surface area contributed by atoms with Crippen LogP contribution in [0.5, 0.6) is 0 Å². The monoisotopic (exact) mass is 610 g/mol. The van der Waals surface area contributed by atoms with Crippen LogP contribution in [0.2, 0.25) is 5.02 Å². The lowest BCUT2D eigenvalue weighted by Gasteiger charge is -2.24. The molecule has 4 unspecified atom stereocenters.